The van der Waals surface area contributed by atoms with Gasteiger partial charge in [0.05, 0.1) is 19.1 Å². The number of nitrogens with zero attached hydrogens (tertiary/aromatic N) is 4. The average Bonchev–Trinajstić information content (AvgIpc) is 3.31. The number of rotatable bonds is 2. The van der Waals surface area contributed by atoms with Crippen molar-refractivity contribution in [3.63, 3.8) is 0 Å². The van der Waals surface area contributed by atoms with Crippen LogP contribution in [0.4, 0.5) is 0 Å². The molecule has 6 nitrogen and oxygen atoms in total. The zero-order valence-corrected chi connectivity index (χ0v) is 13.2. The van der Waals surface area contributed by atoms with Gasteiger partial charge in [0.2, 0.25) is 0 Å². The third-order valence-corrected chi connectivity index (χ3v) is 4.26. The first kappa shape index (κ1) is 13.2. The molecule has 0 radical (unpaired) electrons. The predicted molar refractivity (Wildman–Crippen MR) is 87.5 cm³/mol. The van der Waals surface area contributed by atoms with Crippen LogP contribution in [0.15, 0.2) is 58.3 Å². The topological polar surface area (TPSA) is 52.9 Å². The Morgan fingerprint density at radius 2 is 1.92 bits per heavy atom. The monoisotopic (exact) mass is 318 g/mol. The number of imidazole rings is 1. The lowest BCUT2D eigenvalue weighted by Crippen LogP contribution is -2.38. The van der Waals surface area contributed by atoms with Crippen molar-refractivity contribution >= 4 is 21.9 Å². The Morgan fingerprint density at radius 3 is 2.67 bits per heavy atom. The molecule has 24 heavy (non-hydrogen) atoms. The van der Waals surface area contributed by atoms with Crippen molar-refractivity contribution in [1.82, 2.24) is 14.2 Å². The highest BCUT2D eigenvalue weighted by Crippen LogP contribution is 2.34. The van der Waals surface area contributed by atoms with Crippen LogP contribution in [0.3, 0.4) is 0 Å². The Hall–Kier alpha value is -3.28. The number of hydrogen-bond donors (Lipinski definition) is 0. The summed E-state index contributed by atoms with van der Waals surface area (Å²) >= 11 is 0. The van der Waals surface area contributed by atoms with Gasteiger partial charge in [0, 0.05) is 35.6 Å². The standard InChI is InChI=1S/C18H14N4O2/c1-20-8-15(19-11-20)14-9-23-17-7-18-13(6-12(14)17)16(10-24-18)22-5-3-4-21(22)2/h3-4,6-11H,1-2H3. The highest BCUT2D eigenvalue weighted by atomic mass is 16.3. The fraction of sp³-hybridized carbons (Fsp3) is 0.111. The zero-order chi connectivity index (χ0) is 16.3. The first-order valence-electron chi connectivity index (χ1n) is 7.57. The molecule has 0 aliphatic heterocycles. The van der Waals surface area contributed by atoms with Gasteiger partial charge in [-0.25, -0.2) is 9.67 Å². The maximum Gasteiger partial charge on any atom is 0.184 e. The van der Waals surface area contributed by atoms with Crippen LogP contribution in [-0.4, -0.2) is 14.2 Å². The molecule has 0 saturated heterocycles. The minimum atomic E-state index is 0.779. The van der Waals surface area contributed by atoms with E-state index in [1.807, 2.05) is 52.6 Å². The molecule has 0 saturated carbocycles. The lowest BCUT2D eigenvalue weighted by Gasteiger charge is -2.01. The van der Waals surface area contributed by atoms with Crippen molar-refractivity contribution in [3.05, 3.63) is 55.6 Å². The van der Waals surface area contributed by atoms with Gasteiger partial charge < -0.3 is 13.4 Å². The second-order valence-corrected chi connectivity index (χ2v) is 5.87. The SMILES string of the molecule is Cn1cnc(-c2coc3cc4occ(-[n+]5[c-]ccn5C)c4cc23)c1. The molecule has 0 spiro atoms. The highest BCUT2D eigenvalue weighted by Gasteiger charge is 2.17. The van der Waals surface area contributed by atoms with E-state index in [2.05, 4.69) is 17.2 Å². The summed E-state index contributed by atoms with van der Waals surface area (Å²) < 4.78 is 17.2. The molecule has 4 heterocycles. The molecule has 0 aliphatic carbocycles. The fourth-order valence-electron chi connectivity index (χ4n) is 3.06. The molecule has 0 N–H and O–H groups in total. The highest BCUT2D eigenvalue weighted by molar-refractivity contribution is 6.02. The van der Waals surface area contributed by atoms with Crippen molar-refractivity contribution in [1.29, 1.82) is 0 Å². The van der Waals surface area contributed by atoms with E-state index < -0.39 is 0 Å². The Kier molecular flexibility index (Phi) is 2.53. The molecule has 1 aromatic carbocycles. The number of furan rings is 2. The van der Waals surface area contributed by atoms with E-state index in [1.54, 1.807) is 18.9 Å². The van der Waals surface area contributed by atoms with E-state index in [4.69, 9.17) is 8.83 Å². The summed E-state index contributed by atoms with van der Waals surface area (Å²) in [5.74, 6) is 0. The van der Waals surface area contributed by atoms with Crippen molar-refractivity contribution < 1.29 is 13.5 Å². The van der Waals surface area contributed by atoms with Crippen molar-refractivity contribution in [2.75, 3.05) is 0 Å². The number of aromatic nitrogens is 4. The van der Waals surface area contributed by atoms with Crippen molar-refractivity contribution in [2.24, 2.45) is 14.1 Å². The van der Waals surface area contributed by atoms with Gasteiger partial charge in [0.15, 0.2) is 5.69 Å². The van der Waals surface area contributed by atoms with Crippen LogP contribution >= 0.6 is 0 Å². The Bertz CT molecular complexity index is 1190. The van der Waals surface area contributed by atoms with Crippen LogP contribution in [0.5, 0.6) is 0 Å². The second-order valence-electron chi connectivity index (χ2n) is 5.87. The average molecular weight is 318 g/mol. The molecule has 0 unspecified atom stereocenters. The molecule has 6 heteroatoms. The Balaban J connectivity index is 1.80. The van der Waals surface area contributed by atoms with Gasteiger partial charge in [-0.2, -0.15) is 4.68 Å². The lowest BCUT2D eigenvalue weighted by molar-refractivity contribution is -0.685. The van der Waals surface area contributed by atoms with Gasteiger partial charge in [-0.05, 0) is 12.3 Å². The summed E-state index contributed by atoms with van der Waals surface area (Å²) in [5, 5.41) is 2.02. The fourth-order valence-corrected chi connectivity index (χ4v) is 3.06. The maximum absolute atomic E-state index is 5.72. The maximum atomic E-state index is 5.72. The first-order valence-corrected chi connectivity index (χ1v) is 7.57. The molecule has 118 valence electrons. The van der Waals surface area contributed by atoms with E-state index in [0.717, 1.165) is 38.9 Å². The predicted octanol–water partition coefficient (Wildman–Crippen LogP) is 2.99. The smallest absolute Gasteiger partial charge is 0.184 e. The Morgan fingerprint density at radius 1 is 1.08 bits per heavy atom. The molecule has 0 aliphatic rings. The van der Waals surface area contributed by atoms with Crippen molar-refractivity contribution in [2.45, 2.75) is 0 Å². The summed E-state index contributed by atoms with van der Waals surface area (Å²) in [7, 11) is 3.91. The molecule has 5 aromatic rings. The Labute approximate surface area is 137 Å². The molecule has 0 amide bonds. The van der Waals surface area contributed by atoms with E-state index in [1.165, 1.54) is 0 Å². The van der Waals surface area contributed by atoms with Crippen LogP contribution in [0.1, 0.15) is 0 Å². The largest absolute Gasteiger partial charge is 0.471 e. The minimum Gasteiger partial charge on any atom is -0.471 e. The van der Waals surface area contributed by atoms with Gasteiger partial charge >= 0.3 is 0 Å². The van der Waals surface area contributed by atoms with Crippen LogP contribution in [0.2, 0.25) is 0 Å². The number of fused-ring (bicyclic) bond motifs is 2. The van der Waals surface area contributed by atoms with Crippen LogP contribution < -0.4 is 4.68 Å². The molecule has 5 rings (SSSR count). The third-order valence-electron chi connectivity index (χ3n) is 4.26. The summed E-state index contributed by atoms with van der Waals surface area (Å²) in [6.45, 7) is 0. The summed E-state index contributed by atoms with van der Waals surface area (Å²) in [5.41, 5.74) is 4.36. The normalized spacial score (nSPS) is 11.8. The summed E-state index contributed by atoms with van der Waals surface area (Å²) in [6.07, 6.45) is 12.4. The second kappa shape index (κ2) is 4.61. The quantitative estimate of drug-likeness (QED) is 0.371. The molecule has 0 bridgehead atoms. The molecular formula is C18H14N4O2. The summed E-state index contributed by atoms with van der Waals surface area (Å²) in [4.78, 5) is 4.43. The lowest BCUT2D eigenvalue weighted by atomic mass is 10.1. The number of hydrogen-bond acceptors (Lipinski definition) is 3. The van der Waals surface area contributed by atoms with E-state index >= 15 is 0 Å². The van der Waals surface area contributed by atoms with Crippen LogP contribution in [0.25, 0.3) is 38.9 Å². The molecule has 0 fully saturated rings. The van der Waals surface area contributed by atoms with Gasteiger partial charge in [-0.15, -0.1) is 0 Å². The van der Waals surface area contributed by atoms with Crippen LogP contribution in [0, 0.1) is 6.20 Å². The van der Waals surface area contributed by atoms with Gasteiger partial charge in [-0.3, -0.25) is 0 Å². The van der Waals surface area contributed by atoms with Gasteiger partial charge in [0.1, 0.15) is 29.9 Å². The third kappa shape index (κ3) is 1.76. The zero-order valence-electron chi connectivity index (χ0n) is 13.2. The number of aryl methyl sites for hydroxylation is 2. The minimum absolute atomic E-state index is 0.779. The van der Waals surface area contributed by atoms with E-state index in [0.29, 0.717) is 0 Å². The van der Waals surface area contributed by atoms with Crippen molar-refractivity contribution in [3.8, 4) is 16.9 Å². The van der Waals surface area contributed by atoms with Gasteiger partial charge in [0.25, 0.3) is 0 Å². The molecule has 0 atom stereocenters. The van der Waals surface area contributed by atoms with E-state index in [-0.39, 0.29) is 0 Å². The first-order chi connectivity index (χ1) is 11.7. The molecule has 4 aromatic heterocycles. The molecular weight excluding hydrogens is 304 g/mol. The van der Waals surface area contributed by atoms with Gasteiger partial charge in [-0.1, -0.05) is 6.07 Å². The summed E-state index contributed by atoms with van der Waals surface area (Å²) in [6, 6.07) is 5.88. The van der Waals surface area contributed by atoms with E-state index in [9.17, 15) is 0 Å². The number of benzene rings is 1. The van der Waals surface area contributed by atoms with Crippen LogP contribution in [-0.2, 0) is 14.1 Å².